The van der Waals surface area contributed by atoms with Crippen molar-refractivity contribution in [2.24, 2.45) is 11.8 Å². The SMILES string of the molecule is CCC(NCC(CO)Cc1ccccc1C)C1Cc2ccccc2C1. The zero-order valence-electron chi connectivity index (χ0n) is 15.5. The molecule has 0 bridgehead atoms. The van der Waals surface area contributed by atoms with Gasteiger partial charge in [0, 0.05) is 19.2 Å². The average molecular weight is 338 g/mol. The summed E-state index contributed by atoms with van der Waals surface area (Å²) in [7, 11) is 0. The van der Waals surface area contributed by atoms with E-state index in [2.05, 4.69) is 67.7 Å². The summed E-state index contributed by atoms with van der Waals surface area (Å²) in [6.45, 7) is 5.55. The zero-order valence-corrected chi connectivity index (χ0v) is 15.5. The first-order valence-electron chi connectivity index (χ1n) is 9.66. The number of nitrogens with one attached hydrogen (secondary N) is 1. The van der Waals surface area contributed by atoms with Crippen molar-refractivity contribution in [2.45, 2.75) is 45.6 Å². The lowest BCUT2D eigenvalue weighted by Gasteiger charge is -2.26. The predicted octanol–water partition coefficient (Wildman–Crippen LogP) is 3.93. The van der Waals surface area contributed by atoms with Crippen LogP contribution in [-0.2, 0) is 19.3 Å². The Bertz CT molecular complexity index is 656. The van der Waals surface area contributed by atoms with E-state index in [0.29, 0.717) is 12.0 Å². The number of fused-ring (bicyclic) bond motifs is 1. The first kappa shape index (κ1) is 18.2. The summed E-state index contributed by atoms with van der Waals surface area (Å²) in [5, 5.41) is 13.6. The summed E-state index contributed by atoms with van der Waals surface area (Å²) in [5.41, 5.74) is 5.71. The maximum Gasteiger partial charge on any atom is 0.0474 e. The Balaban J connectivity index is 1.56. The monoisotopic (exact) mass is 337 g/mol. The van der Waals surface area contributed by atoms with Crippen LogP contribution in [0, 0.1) is 18.8 Å². The van der Waals surface area contributed by atoms with E-state index in [0.717, 1.165) is 19.4 Å². The number of aliphatic hydroxyl groups is 1. The quantitative estimate of drug-likeness (QED) is 0.765. The van der Waals surface area contributed by atoms with Crippen LogP contribution < -0.4 is 5.32 Å². The molecule has 0 heterocycles. The van der Waals surface area contributed by atoms with Gasteiger partial charge in [0.05, 0.1) is 0 Å². The van der Waals surface area contributed by atoms with Crippen molar-refractivity contribution in [2.75, 3.05) is 13.2 Å². The summed E-state index contributed by atoms with van der Waals surface area (Å²) in [5.74, 6) is 0.958. The van der Waals surface area contributed by atoms with Crippen molar-refractivity contribution in [1.29, 1.82) is 0 Å². The van der Waals surface area contributed by atoms with Gasteiger partial charge in [0.2, 0.25) is 0 Å². The average Bonchev–Trinajstić information content (AvgIpc) is 3.06. The third-order valence-corrected chi connectivity index (χ3v) is 5.79. The van der Waals surface area contributed by atoms with Crippen LogP contribution in [0.4, 0.5) is 0 Å². The maximum absolute atomic E-state index is 9.83. The smallest absolute Gasteiger partial charge is 0.0474 e. The van der Waals surface area contributed by atoms with Gasteiger partial charge in [-0.1, -0.05) is 55.5 Å². The van der Waals surface area contributed by atoms with Crippen LogP contribution >= 0.6 is 0 Å². The molecule has 0 radical (unpaired) electrons. The molecule has 2 nitrogen and oxygen atoms in total. The molecule has 25 heavy (non-hydrogen) atoms. The van der Waals surface area contributed by atoms with Gasteiger partial charge in [-0.2, -0.15) is 0 Å². The molecule has 0 saturated heterocycles. The molecule has 0 aliphatic heterocycles. The predicted molar refractivity (Wildman–Crippen MR) is 105 cm³/mol. The van der Waals surface area contributed by atoms with Gasteiger partial charge in [-0.05, 0) is 66.7 Å². The molecule has 2 aromatic carbocycles. The second-order valence-corrected chi connectivity index (χ2v) is 7.54. The Morgan fingerprint density at radius 3 is 2.28 bits per heavy atom. The molecule has 0 spiro atoms. The standard InChI is InChI=1S/C23H31NO/c1-3-23(22-13-20-10-6-7-11-21(20)14-22)24-15-18(16-25)12-19-9-5-4-8-17(19)2/h4-11,18,22-25H,3,12-16H2,1-2H3. The lowest BCUT2D eigenvalue weighted by molar-refractivity contribution is 0.211. The number of rotatable bonds is 8. The third-order valence-electron chi connectivity index (χ3n) is 5.79. The zero-order chi connectivity index (χ0) is 17.6. The van der Waals surface area contributed by atoms with Crippen molar-refractivity contribution >= 4 is 0 Å². The van der Waals surface area contributed by atoms with Crippen molar-refractivity contribution in [1.82, 2.24) is 5.32 Å². The van der Waals surface area contributed by atoms with E-state index in [-0.39, 0.29) is 12.5 Å². The highest BCUT2D eigenvalue weighted by Crippen LogP contribution is 2.29. The molecule has 0 amide bonds. The molecule has 1 aliphatic carbocycles. The second kappa shape index (κ2) is 8.64. The van der Waals surface area contributed by atoms with Crippen LogP contribution in [0.1, 0.15) is 35.6 Å². The van der Waals surface area contributed by atoms with E-state index in [9.17, 15) is 5.11 Å². The van der Waals surface area contributed by atoms with Crippen molar-refractivity contribution in [3.05, 3.63) is 70.8 Å². The summed E-state index contributed by atoms with van der Waals surface area (Å²) in [4.78, 5) is 0. The number of hydrogen-bond acceptors (Lipinski definition) is 2. The molecular weight excluding hydrogens is 306 g/mol. The molecule has 2 N–H and O–H groups in total. The highest BCUT2D eigenvalue weighted by atomic mass is 16.3. The highest BCUT2D eigenvalue weighted by Gasteiger charge is 2.27. The van der Waals surface area contributed by atoms with Crippen LogP contribution in [0.2, 0.25) is 0 Å². The lowest BCUT2D eigenvalue weighted by Crippen LogP contribution is -2.40. The van der Waals surface area contributed by atoms with Crippen molar-refractivity contribution in [3.63, 3.8) is 0 Å². The first-order chi connectivity index (χ1) is 12.2. The molecule has 2 aromatic rings. The van der Waals surface area contributed by atoms with Crippen LogP contribution in [0.15, 0.2) is 48.5 Å². The van der Waals surface area contributed by atoms with Crippen LogP contribution in [0.5, 0.6) is 0 Å². The molecule has 2 atom stereocenters. The minimum Gasteiger partial charge on any atom is -0.396 e. The van der Waals surface area contributed by atoms with E-state index in [1.54, 1.807) is 0 Å². The molecule has 3 rings (SSSR count). The highest BCUT2D eigenvalue weighted by molar-refractivity contribution is 5.32. The number of hydrogen-bond donors (Lipinski definition) is 2. The van der Waals surface area contributed by atoms with Crippen molar-refractivity contribution < 1.29 is 5.11 Å². The van der Waals surface area contributed by atoms with E-state index < -0.39 is 0 Å². The summed E-state index contributed by atoms with van der Waals surface area (Å²) in [6.07, 6.45) is 4.45. The van der Waals surface area contributed by atoms with Gasteiger partial charge >= 0.3 is 0 Å². The summed E-state index contributed by atoms with van der Waals surface area (Å²) in [6, 6.07) is 17.9. The minimum absolute atomic E-state index is 0.239. The Labute approximate surface area is 152 Å². The van der Waals surface area contributed by atoms with Gasteiger partial charge in [0.1, 0.15) is 0 Å². The fourth-order valence-corrected chi connectivity index (χ4v) is 4.19. The van der Waals surface area contributed by atoms with E-state index >= 15 is 0 Å². The Morgan fingerprint density at radius 1 is 1.04 bits per heavy atom. The summed E-state index contributed by atoms with van der Waals surface area (Å²) >= 11 is 0. The molecule has 0 saturated carbocycles. The molecule has 0 aromatic heterocycles. The maximum atomic E-state index is 9.83. The number of benzene rings is 2. The first-order valence-corrected chi connectivity index (χ1v) is 9.66. The van der Waals surface area contributed by atoms with Crippen molar-refractivity contribution in [3.8, 4) is 0 Å². The topological polar surface area (TPSA) is 32.3 Å². The molecule has 2 unspecified atom stereocenters. The Morgan fingerprint density at radius 2 is 1.68 bits per heavy atom. The largest absolute Gasteiger partial charge is 0.396 e. The number of aliphatic hydroxyl groups excluding tert-OH is 1. The third kappa shape index (κ3) is 4.50. The minimum atomic E-state index is 0.239. The van der Waals surface area contributed by atoms with Crippen LogP contribution in [-0.4, -0.2) is 24.3 Å². The summed E-state index contributed by atoms with van der Waals surface area (Å²) < 4.78 is 0. The van der Waals surface area contributed by atoms with E-state index in [1.165, 1.54) is 35.1 Å². The molecule has 1 aliphatic rings. The van der Waals surface area contributed by atoms with Crippen LogP contribution in [0.3, 0.4) is 0 Å². The molecule has 2 heteroatoms. The lowest BCUT2D eigenvalue weighted by atomic mass is 9.92. The second-order valence-electron chi connectivity index (χ2n) is 7.54. The van der Waals surface area contributed by atoms with Gasteiger partial charge in [-0.15, -0.1) is 0 Å². The van der Waals surface area contributed by atoms with Gasteiger partial charge in [-0.3, -0.25) is 0 Å². The Hall–Kier alpha value is -1.64. The normalized spacial score (nSPS) is 16.6. The molecular formula is C23H31NO. The van der Waals surface area contributed by atoms with E-state index in [1.807, 2.05) is 0 Å². The fourth-order valence-electron chi connectivity index (χ4n) is 4.19. The van der Waals surface area contributed by atoms with Gasteiger partial charge < -0.3 is 10.4 Å². The van der Waals surface area contributed by atoms with Crippen LogP contribution in [0.25, 0.3) is 0 Å². The van der Waals surface area contributed by atoms with Gasteiger partial charge in [-0.25, -0.2) is 0 Å². The number of aryl methyl sites for hydroxylation is 1. The van der Waals surface area contributed by atoms with Gasteiger partial charge in [0.25, 0.3) is 0 Å². The molecule has 134 valence electrons. The fraction of sp³-hybridized carbons (Fsp3) is 0.478. The molecule has 0 fully saturated rings. The Kier molecular flexibility index (Phi) is 6.28. The van der Waals surface area contributed by atoms with Gasteiger partial charge in [0.15, 0.2) is 0 Å². The van der Waals surface area contributed by atoms with E-state index in [4.69, 9.17) is 0 Å².